The van der Waals surface area contributed by atoms with Crippen LogP contribution in [0, 0.1) is 6.92 Å². The molecule has 1 N–H and O–H groups in total. The number of hydrogen-bond donors (Lipinski definition) is 1. The Bertz CT molecular complexity index is 607. The lowest BCUT2D eigenvalue weighted by atomic mass is 10.3. The Labute approximate surface area is 116 Å². The first-order valence-electron chi connectivity index (χ1n) is 6.12. The average molecular weight is 273 g/mol. The van der Waals surface area contributed by atoms with Crippen molar-refractivity contribution in [1.29, 1.82) is 0 Å². The molecule has 1 aromatic carbocycles. The highest BCUT2D eigenvalue weighted by atomic mass is 16.5. The van der Waals surface area contributed by atoms with Crippen LogP contribution in [0.5, 0.6) is 0 Å². The number of benzene rings is 1. The molecule has 1 heterocycles. The Kier molecular flexibility index (Phi) is 4.14. The van der Waals surface area contributed by atoms with E-state index in [4.69, 9.17) is 4.52 Å². The molecule has 1 aromatic heterocycles. The fourth-order valence-electron chi connectivity index (χ4n) is 1.74. The highest BCUT2D eigenvalue weighted by molar-refractivity contribution is 6.01. The van der Waals surface area contributed by atoms with Crippen LogP contribution in [0.1, 0.15) is 12.7 Å². The van der Waals surface area contributed by atoms with Crippen molar-refractivity contribution in [2.75, 3.05) is 16.8 Å². The van der Waals surface area contributed by atoms with Crippen molar-refractivity contribution >= 4 is 23.3 Å². The van der Waals surface area contributed by atoms with Crippen LogP contribution in [-0.2, 0) is 9.59 Å². The molecular formula is C14H15N3O3. The number of anilines is 2. The first kappa shape index (κ1) is 13.8. The number of nitrogens with zero attached hydrogens (tertiary/aromatic N) is 2. The van der Waals surface area contributed by atoms with E-state index in [1.807, 2.05) is 18.2 Å². The van der Waals surface area contributed by atoms with Crippen molar-refractivity contribution in [3.63, 3.8) is 0 Å². The van der Waals surface area contributed by atoms with E-state index < -0.39 is 0 Å². The number of carbonyl (C=O) groups is 2. The van der Waals surface area contributed by atoms with Gasteiger partial charge >= 0.3 is 0 Å². The van der Waals surface area contributed by atoms with Gasteiger partial charge in [-0.25, -0.2) is 0 Å². The predicted molar refractivity (Wildman–Crippen MR) is 74.3 cm³/mol. The molecule has 0 bridgehead atoms. The fraction of sp³-hybridized carbons (Fsp3) is 0.214. The van der Waals surface area contributed by atoms with Crippen molar-refractivity contribution in [3.8, 4) is 0 Å². The zero-order valence-corrected chi connectivity index (χ0v) is 11.3. The van der Waals surface area contributed by atoms with Gasteiger partial charge in [0.1, 0.15) is 12.3 Å². The van der Waals surface area contributed by atoms with Gasteiger partial charge in [-0.1, -0.05) is 23.4 Å². The molecule has 0 radical (unpaired) electrons. The third-order valence-corrected chi connectivity index (χ3v) is 2.65. The molecule has 0 fully saturated rings. The van der Waals surface area contributed by atoms with Crippen molar-refractivity contribution in [1.82, 2.24) is 5.16 Å². The Morgan fingerprint density at radius 2 is 2.00 bits per heavy atom. The van der Waals surface area contributed by atoms with Crippen LogP contribution >= 0.6 is 0 Å². The summed E-state index contributed by atoms with van der Waals surface area (Å²) in [6.07, 6.45) is 0. The molecule has 2 aromatic rings. The summed E-state index contributed by atoms with van der Waals surface area (Å²) in [6, 6.07) is 10.6. The van der Waals surface area contributed by atoms with E-state index in [0.29, 0.717) is 17.3 Å². The van der Waals surface area contributed by atoms with E-state index in [1.165, 1.54) is 11.8 Å². The molecule has 0 atom stereocenters. The summed E-state index contributed by atoms with van der Waals surface area (Å²) >= 11 is 0. The minimum atomic E-state index is -0.336. The number of aryl methyl sites for hydroxylation is 1. The largest absolute Gasteiger partial charge is 0.360 e. The molecule has 0 unspecified atom stereocenters. The number of hydrogen-bond acceptors (Lipinski definition) is 4. The highest BCUT2D eigenvalue weighted by Gasteiger charge is 2.16. The van der Waals surface area contributed by atoms with Crippen LogP contribution in [0.4, 0.5) is 11.5 Å². The van der Waals surface area contributed by atoms with Gasteiger partial charge in [0, 0.05) is 18.7 Å². The molecule has 0 aliphatic heterocycles. The summed E-state index contributed by atoms with van der Waals surface area (Å²) in [5.74, 6) is 0.399. The molecule has 0 saturated heterocycles. The number of aromatic nitrogens is 1. The van der Waals surface area contributed by atoms with Gasteiger partial charge in [0.2, 0.25) is 11.8 Å². The van der Waals surface area contributed by atoms with Crippen LogP contribution < -0.4 is 10.2 Å². The number of carbonyl (C=O) groups excluding carboxylic acids is 2. The van der Waals surface area contributed by atoms with E-state index in [9.17, 15) is 9.59 Å². The Hall–Kier alpha value is -2.63. The van der Waals surface area contributed by atoms with Gasteiger partial charge in [-0.3, -0.25) is 9.59 Å². The first-order valence-corrected chi connectivity index (χ1v) is 6.12. The highest BCUT2D eigenvalue weighted by Crippen LogP contribution is 2.14. The lowest BCUT2D eigenvalue weighted by molar-refractivity contribution is -0.120. The summed E-state index contributed by atoms with van der Waals surface area (Å²) in [7, 11) is 0. The van der Waals surface area contributed by atoms with Gasteiger partial charge in [0.15, 0.2) is 5.82 Å². The zero-order valence-electron chi connectivity index (χ0n) is 11.3. The second-order valence-electron chi connectivity index (χ2n) is 4.31. The molecule has 0 saturated carbocycles. The molecule has 0 spiro atoms. The maximum absolute atomic E-state index is 11.9. The summed E-state index contributed by atoms with van der Waals surface area (Å²) < 4.78 is 4.86. The minimum absolute atomic E-state index is 0.0781. The first-order chi connectivity index (χ1) is 9.56. The van der Waals surface area contributed by atoms with E-state index in [1.54, 1.807) is 25.1 Å². The molecule has 0 aliphatic rings. The van der Waals surface area contributed by atoms with Crippen molar-refractivity contribution in [3.05, 3.63) is 42.2 Å². The normalized spacial score (nSPS) is 10.1. The van der Waals surface area contributed by atoms with Crippen LogP contribution in [0.15, 0.2) is 40.9 Å². The summed E-state index contributed by atoms with van der Waals surface area (Å²) in [6.45, 7) is 3.07. The van der Waals surface area contributed by atoms with Crippen LogP contribution in [-0.4, -0.2) is 23.5 Å². The van der Waals surface area contributed by atoms with E-state index in [-0.39, 0.29) is 18.4 Å². The van der Waals surface area contributed by atoms with E-state index in [0.717, 1.165) is 0 Å². The Balaban J connectivity index is 2.05. The number of amides is 2. The van der Waals surface area contributed by atoms with Gasteiger partial charge in [0.25, 0.3) is 0 Å². The SMILES string of the molecule is CC(=O)N(CC(=O)Nc1cc(C)on1)c1ccccc1. The topological polar surface area (TPSA) is 75.4 Å². The maximum Gasteiger partial charge on any atom is 0.245 e. The molecule has 2 amide bonds. The number of nitrogens with one attached hydrogen (secondary N) is 1. The maximum atomic E-state index is 11.9. The zero-order chi connectivity index (χ0) is 14.5. The lowest BCUT2D eigenvalue weighted by Crippen LogP contribution is -2.36. The van der Waals surface area contributed by atoms with Gasteiger partial charge in [-0.2, -0.15) is 0 Å². The summed E-state index contributed by atoms with van der Waals surface area (Å²) in [4.78, 5) is 25.0. The molecule has 6 nitrogen and oxygen atoms in total. The van der Waals surface area contributed by atoms with Crippen LogP contribution in [0.25, 0.3) is 0 Å². The quantitative estimate of drug-likeness (QED) is 0.924. The monoisotopic (exact) mass is 273 g/mol. The Morgan fingerprint density at radius 3 is 2.55 bits per heavy atom. The standard InChI is InChI=1S/C14H15N3O3/c1-10-8-13(16-20-10)15-14(19)9-17(11(2)18)12-6-4-3-5-7-12/h3-8H,9H2,1-2H3,(H,15,16,19). The number of rotatable bonds is 4. The second-order valence-corrected chi connectivity index (χ2v) is 4.31. The fourth-order valence-corrected chi connectivity index (χ4v) is 1.74. The second kappa shape index (κ2) is 6.01. The molecule has 0 aliphatic carbocycles. The average Bonchev–Trinajstić information content (AvgIpc) is 2.82. The van der Waals surface area contributed by atoms with Gasteiger partial charge in [0.05, 0.1) is 0 Å². The predicted octanol–water partition coefficient (Wildman–Crippen LogP) is 1.97. The van der Waals surface area contributed by atoms with Crippen LogP contribution in [0.2, 0.25) is 0 Å². The molecular weight excluding hydrogens is 258 g/mol. The van der Waals surface area contributed by atoms with Gasteiger partial charge < -0.3 is 14.7 Å². The smallest absolute Gasteiger partial charge is 0.245 e. The van der Waals surface area contributed by atoms with E-state index in [2.05, 4.69) is 10.5 Å². The van der Waals surface area contributed by atoms with Crippen molar-refractivity contribution < 1.29 is 14.1 Å². The molecule has 20 heavy (non-hydrogen) atoms. The Morgan fingerprint density at radius 1 is 1.30 bits per heavy atom. The van der Waals surface area contributed by atoms with Crippen molar-refractivity contribution in [2.45, 2.75) is 13.8 Å². The van der Waals surface area contributed by atoms with Gasteiger partial charge in [-0.05, 0) is 19.1 Å². The molecule has 2 rings (SSSR count). The summed E-state index contributed by atoms with van der Waals surface area (Å²) in [5, 5.41) is 6.25. The third kappa shape index (κ3) is 3.44. The third-order valence-electron chi connectivity index (χ3n) is 2.65. The van der Waals surface area contributed by atoms with Crippen molar-refractivity contribution in [2.24, 2.45) is 0 Å². The number of para-hydroxylation sites is 1. The van der Waals surface area contributed by atoms with Gasteiger partial charge in [-0.15, -0.1) is 0 Å². The van der Waals surface area contributed by atoms with Crippen LogP contribution in [0.3, 0.4) is 0 Å². The molecule has 104 valence electrons. The lowest BCUT2D eigenvalue weighted by Gasteiger charge is -2.20. The summed E-state index contributed by atoms with van der Waals surface area (Å²) in [5.41, 5.74) is 0.673. The van der Waals surface area contributed by atoms with E-state index >= 15 is 0 Å². The molecule has 6 heteroatoms. The minimum Gasteiger partial charge on any atom is -0.360 e.